The first kappa shape index (κ1) is 15.9. The summed E-state index contributed by atoms with van der Waals surface area (Å²) in [5, 5.41) is 4.03. The van der Waals surface area contributed by atoms with Crippen molar-refractivity contribution >= 4 is 28.9 Å². The van der Waals surface area contributed by atoms with E-state index in [0.717, 1.165) is 29.5 Å². The van der Waals surface area contributed by atoms with Crippen LogP contribution >= 0.6 is 11.6 Å². The number of rotatable bonds is 4. The standard InChI is InChI=1S/C17H22ClN5/c18-14-7-5-13(6-8-14)11-20-16-15(19)17(22-12-21-16)23-9-3-1-2-4-10-23/h5-8,12H,1-4,9-11,19H2,(H,20,21,22). The summed E-state index contributed by atoms with van der Waals surface area (Å²) < 4.78 is 0. The Kier molecular flexibility index (Phi) is 5.18. The van der Waals surface area contributed by atoms with Crippen LogP contribution < -0.4 is 16.0 Å². The van der Waals surface area contributed by atoms with Crippen LogP contribution in [0.15, 0.2) is 30.6 Å². The number of hydrogen-bond acceptors (Lipinski definition) is 5. The number of halogens is 1. The van der Waals surface area contributed by atoms with Crippen LogP contribution in [0.1, 0.15) is 31.2 Å². The lowest BCUT2D eigenvalue weighted by atomic mass is 10.2. The summed E-state index contributed by atoms with van der Waals surface area (Å²) in [7, 11) is 0. The minimum absolute atomic E-state index is 0.628. The largest absolute Gasteiger partial charge is 0.393 e. The summed E-state index contributed by atoms with van der Waals surface area (Å²) in [5.74, 6) is 1.54. The van der Waals surface area contributed by atoms with E-state index in [1.807, 2.05) is 24.3 Å². The van der Waals surface area contributed by atoms with E-state index in [9.17, 15) is 0 Å². The van der Waals surface area contributed by atoms with E-state index in [2.05, 4.69) is 20.2 Å². The van der Waals surface area contributed by atoms with E-state index in [0.29, 0.717) is 18.1 Å². The summed E-state index contributed by atoms with van der Waals surface area (Å²) in [4.78, 5) is 11.0. The molecule has 122 valence electrons. The molecule has 6 heteroatoms. The fourth-order valence-corrected chi connectivity index (χ4v) is 2.98. The fraction of sp³-hybridized carbons (Fsp3) is 0.412. The van der Waals surface area contributed by atoms with E-state index in [4.69, 9.17) is 17.3 Å². The summed E-state index contributed by atoms with van der Waals surface area (Å²) in [6, 6.07) is 7.74. The molecule has 1 fully saturated rings. The van der Waals surface area contributed by atoms with Crippen LogP contribution in [0.3, 0.4) is 0 Å². The molecule has 0 saturated carbocycles. The SMILES string of the molecule is Nc1c(NCc2ccc(Cl)cc2)ncnc1N1CCCCCC1. The van der Waals surface area contributed by atoms with Crippen molar-refractivity contribution in [3.05, 3.63) is 41.2 Å². The van der Waals surface area contributed by atoms with Crippen LogP contribution in [0.25, 0.3) is 0 Å². The molecule has 23 heavy (non-hydrogen) atoms. The van der Waals surface area contributed by atoms with Gasteiger partial charge in [0.25, 0.3) is 0 Å². The van der Waals surface area contributed by atoms with Crippen molar-refractivity contribution in [2.45, 2.75) is 32.2 Å². The quantitative estimate of drug-likeness (QED) is 0.894. The van der Waals surface area contributed by atoms with Gasteiger partial charge in [-0.15, -0.1) is 0 Å². The minimum atomic E-state index is 0.628. The molecule has 0 spiro atoms. The predicted octanol–water partition coefficient (Wildman–Crippen LogP) is 3.70. The van der Waals surface area contributed by atoms with Crippen molar-refractivity contribution in [3.8, 4) is 0 Å². The zero-order chi connectivity index (χ0) is 16.1. The maximum absolute atomic E-state index is 6.30. The number of nitrogens with one attached hydrogen (secondary N) is 1. The second kappa shape index (κ2) is 7.51. The van der Waals surface area contributed by atoms with E-state index >= 15 is 0 Å². The number of anilines is 3. The topological polar surface area (TPSA) is 67.1 Å². The number of benzene rings is 1. The van der Waals surface area contributed by atoms with Crippen molar-refractivity contribution in [2.75, 3.05) is 29.0 Å². The molecule has 1 saturated heterocycles. The monoisotopic (exact) mass is 331 g/mol. The Morgan fingerprint density at radius 1 is 1.04 bits per heavy atom. The third-order valence-corrected chi connectivity index (χ3v) is 4.39. The molecule has 0 atom stereocenters. The van der Waals surface area contributed by atoms with Gasteiger partial charge in [-0.05, 0) is 30.5 Å². The molecule has 1 aromatic heterocycles. The lowest BCUT2D eigenvalue weighted by Gasteiger charge is -2.23. The van der Waals surface area contributed by atoms with Crippen LogP contribution in [0.4, 0.5) is 17.3 Å². The smallest absolute Gasteiger partial charge is 0.157 e. The molecule has 1 aliphatic rings. The predicted molar refractivity (Wildman–Crippen MR) is 95.9 cm³/mol. The zero-order valence-corrected chi connectivity index (χ0v) is 13.9. The van der Waals surface area contributed by atoms with Crippen molar-refractivity contribution in [1.29, 1.82) is 0 Å². The van der Waals surface area contributed by atoms with Gasteiger partial charge in [0.1, 0.15) is 12.0 Å². The highest BCUT2D eigenvalue weighted by Crippen LogP contribution is 2.28. The molecule has 1 aromatic carbocycles. The molecule has 0 bridgehead atoms. The maximum atomic E-state index is 6.30. The van der Waals surface area contributed by atoms with Gasteiger partial charge in [0, 0.05) is 24.7 Å². The van der Waals surface area contributed by atoms with Crippen molar-refractivity contribution < 1.29 is 0 Å². The van der Waals surface area contributed by atoms with E-state index in [-0.39, 0.29) is 0 Å². The minimum Gasteiger partial charge on any atom is -0.393 e. The second-order valence-corrected chi connectivity index (χ2v) is 6.28. The first-order valence-electron chi connectivity index (χ1n) is 8.08. The average Bonchev–Trinajstić information content (AvgIpc) is 2.85. The summed E-state index contributed by atoms with van der Waals surface area (Å²) in [6.45, 7) is 2.67. The van der Waals surface area contributed by atoms with Gasteiger partial charge in [-0.25, -0.2) is 9.97 Å². The van der Waals surface area contributed by atoms with Gasteiger partial charge in [-0.1, -0.05) is 36.6 Å². The van der Waals surface area contributed by atoms with E-state index in [1.54, 1.807) is 6.33 Å². The van der Waals surface area contributed by atoms with Gasteiger partial charge in [0.15, 0.2) is 11.6 Å². The highest BCUT2D eigenvalue weighted by Gasteiger charge is 2.16. The Labute approximate surface area is 141 Å². The molecule has 2 aromatic rings. The van der Waals surface area contributed by atoms with Crippen LogP contribution in [0, 0.1) is 0 Å². The number of aromatic nitrogens is 2. The van der Waals surface area contributed by atoms with Crippen LogP contribution in [0.2, 0.25) is 5.02 Å². The molecule has 1 aliphatic heterocycles. The molecule has 0 amide bonds. The van der Waals surface area contributed by atoms with Gasteiger partial charge in [-0.2, -0.15) is 0 Å². The molecule has 0 aliphatic carbocycles. The van der Waals surface area contributed by atoms with Gasteiger partial charge >= 0.3 is 0 Å². The number of nitrogens with two attached hydrogens (primary N) is 1. The zero-order valence-electron chi connectivity index (χ0n) is 13.1. The van der Waals surface area contributed by atoms with E-state index < -0.39 is 0 Å². The molecule has 0 radical (unpaired) electrons. The van der Waals surface area contributed by atoms with Gasteiger partial charge in [0.2, 0.25) is 0 Å². The molecular formula is C17H22ClN5. The normalized spacial score (nSPS) is 15.3. The van der Waals surface area contributed by atoms with Gasteiger partial charge in [-0.3, -0.25) is 0 Å². The number of hydrogen-bond donors (Lipinski definition) is 2. The first-order valence-corrected chi connectivity index (χ1v) is 8.45. The molecular weight excluding hydrogens is 310 g/mol. The van der Waals surface area contributed by atoms with Gasteiger partial charge in [0.05, 0.1) is 0 Å². The van der Waals surface area contributed by atoms with Crippen LogP contribution in [-0.2, 0) is 6.54 Å². The third kappa shape index (κ3) is 4.05. The maximum Gasteiger partial charge on any atom is 0.157 e. The molecule has 5 nitrogen and oxygen atoms in total. The highest BCUT2D eigenvalue weighted by atomic mass is 35.5. The first-order chi connectivity index (χ1) is 11.2. The van der Waals surface area contributed by atoms with Crippen LogP contribution in [-0.4, -0.2) is 23.1 Å². The number of nitrogen functional groups attached to an aromatic ring is 1. The Hall–Kier alpha value is -2.01. The summed E-state index contributed by atoms with van der Waals surface area (Å²) in [5.41, 5.74) is 8.06. The van der Waals surface area contributed by atoms with Crippen molar-refractivity contribution in [3.63, 3.8) is 0 Å². The summed E-state index contributed by atoms with van der Waals surface area (Å²) in [6.07, 6.45) is 6.53. The molecule has 2 heterocycles. The highest BCUT2D eigenvalue weighted by molar-refractivity contribution is 6.30. The Morgan fingerprint density at radius 2 is 1.74 bits per heavy atom. The van der Waals surface area contributed by atoms with Crippen molar-refractivity contribution in [2.24, 2.45) is 0 Å². The Morgan fingerprint density at radius 3 is 2.43 bits per heavy atom. The molecule has 3 rings (SSSR count). The second-order valence-electron chi connectivity index (χ2n) is 5.84. The van der Waals surface area contributed by atoms with E-state index in [1.165, 1.54) is 25.7 Å². The molecule has 3 N–H and O–H groups in total. The summed E-state index contributed by atoms with van der Waals surface area (Å²) >= 11 is 5.91. The fourth-order valence-electron chi connectivity index (χ4n) is 2.85. The average molecular weight is 332 g/mol. The van der Waals surface area contributed by atoms with Crippen molar-refractivity contribution in [1.82, 2.24) is 9.97 Å². The Bertz CT molecular complexity index is 636. The number of nitrogens with zero attached hydrogens (tertiary/aromatic N) is 3. The van der Waals surface area contributed by atoms with Crippen LogP contribution in [0.5, 0.6) is 0 Å². The lowest BCUT2D eigenvalue weighted by molar-refractivity contribution is 0.726. The third-order valence-electron chi connectivity index (χ3n) is 4.14. The lowest BCUT2D eigenvalue weighted by Crippen LogP contribution is -2.26. The van der Waals surface area contributed by atoms with Gasteiger partial charge < -0.3 is 16.0 Å². The molecule has 0 unspecified atom stereocenters. The Balaban J connectivity index is 1.72.